The molecule has 3 aromatic rings. The predicted molar refractivity (Wildman–Crippen MR) is 142 cm³/mol. The van der Waals surface area contributed by atoms with Crippen LogP contribution in [-0.2, 0) is 23.7 Å². The molecule has 2 aliphatic rings. The van der Waals surface area contributed by atoms with E-state index in [2.05, 4.69) is 40.8 Å². The third-order valence-corrected chi connectivity index (χ3v) is 8.31. The molecule has 1 amide bonds. The predicted octanol–water partition coefficient (Wildman–Crippen LogP) is 6.12. The van der Waals surface area contributed by atoms with Gasteiger partial charge in [0, 0.05) is 30.6 Å². The smallest absolute Gasteiger partial charge is 0.348 e. The summed E-state index contributed by atoms with van der Waals surface area (Å²) in [5, 5.41) is 5.43. The SMILES string of the molecule is C[C@@H]1CN(C2=NC(=O)C(=Cc3ccc4c(cnn4Cc4ccc(C(F)(F)F)cc4C(F)(F)F)c3)S2)C[C@H](C)N1C. The van der Waals surface area contributed by atoms with Gasteiger partial charge in [-0.3, -0.25) is 14.4 Å². The molecule has 13 heteroatoms. The van der Waals surface area contributed by atoms with Gasteiger partial charge in [0.2, 0.25) is 0 Å². The van der Waals surface area contributed by atoms with Gasteiger partial charge >= 0.3 is 12.4 Å². The number of nitrogens with zero attached hydrogens (tertiary/aromatic N) is 5. The molecule has 2 atom stereocenters. The lowest BCUT2D eigenvalue weighted by molar-refractivity contribution is -0.143. The fraction of sp³-hybridized carbons (Fsp3) is 0.370. The van der Waals surface area contributed by atoms with Crippen LogP contribution >= 0.6 is 11.8 Å². The molecule has 2 aliphatic heterocycles. The molecule has 40 heavy (non-hydrogen) atoms. The van der Waals surface area contributed by atoms with Crippen molar-refractivity contribution in [1.29, 1.82) is 0 Å². The van der Waals surface area contributed by atoms with E-state index in [0.717, 1.165) is 19.2 Å². The summed E-state index contributed by atoms with van der Waals surface area (Å²) in [6.45, 7) is 5.39. The van der Waals surface area contributed by atoms with Crippen LogP contribution in [0.4, 0.5) is 26.3 Å². The number of rotatable bonds is 3. The highest BCUT2D eigenvalue weighted by Gasteiger charge is 2.38. The van der Waals surface area contributed by atoms with Gasteiger partial charge in [0.25, 0.3) is 5.91 Å². The topological polar surface area (TPSA) is 53.7 Å². The fourth-order valence-corrected chi connectivity index (χ4v) is 5.81. The Bertz CT molecular complexity index is 1510. The lowest BCUT2D eigenvalue weighted by Crippen LogP contribution is -2.55. The molecule has 0 spiro atoms. The molecular formula is C27H25F6N5OS. The zero-order chi connectivity index (χ0) is 29.0. The van der Waals surface area contributed by atoms with E-state index in [1.807, 2.05) is 0 Å². The molecule has 212 valence electrons. The van der Waals surface area contributed by atoms with Crippen LogP contribution in [0, 0.1) is 0 Å². The molecule has 0 aliphatic carbocycles. The van der Waals surface area contributed by atoms with Crippen LogP contribution in [0.3, 0.4) is 0 Å². The van der Waals surface area contributed by atoms with Crippen LogP contribution in [0.2, 0.25) is 0 Å². The molecule has 0 N–H and O–H groups in total. The van der Waals surface area contributed by atoms with E-state index in [9.17, 15) is 31.1 Å². The largest absolute Gasteiger partial charge is 0.416 e. The zero-order valence-electron chi connectivity index (χ0n) is 21.7. The van der Waals surface area contributed by atoms with Crippen LogP contribution in [0.5, 0.6) is 0 Å². The Hall–Kier alpha value is -3.32. The number of halogens is 6. The molecule has 6 nitrogen and oxygen atoms in total. The van der Waals surface area contributed by atoms with Crippen molar-refractivity contribution in [1.82, 2.24) is 19.6 Å². The number of hydrogen-bond acceptors (Lipinski definition) is 5. The minimum Gasteiger partial charge on any atom is -0.348 e. The number of benzene rings is 2. The maximum Gasteiger partial charge on any atom is 0.416 e. The van der Waals surface area contributed by atoms with Crippen molar-refractivity contribution in [2.75, 3.05) is 20.1 Å². The first-order valence-electron chi connectivity index (χ1n) is 12.4. The number of piperazine rings is 1. The van der Waals surface area contributed by atoms with Crippen molar-refractivity contribution < 1.29 is 31.1 Å². The fourth-order valence-electron chi connectivity index (χ4n) is 4.88. The second-order valence-electron chi connectivity index (χ2n) is 10.1. The van der Waals surface area contributed by atoms with E-state index in [1.54, 1.807) is 24.3 Å². The molecule has 3 heterocycles. The molecule has 1 aromatic heterocycles. The van der Waals surface area contributed by atoms with Gasteiger partial charge < -0.3 is 4.90 Å². The monoisotopic (exact) mass is 581 g/mol. The van der Waals surface area contributed by atoms with Crippen LogP contribution in [-0.4, -0.2) is 62.9 Å². The summed E-state index contributed by atoms with van der Waals surface area (Å²) >= 11 is 1.31. The van der Waals surface area contributed by atoms with Crippen molar-refractivity contribution in [3.05, 3.63) is 69.8 Å². The van der Waals surface area contributed by atoms with Gasteiger partial charge in [-0.05, 0) is 74.1 Å². The standard InChI is InChI=1S/C27H25F6N5OS/c1-15-12-37(13-16(2)36(15)3)25-35-24(39)23(40-25)9-17-4-7-22-19(8-17)11-34-38(22)14-18-5-6-20(26(28,29)30)10-21(18)27(31,32)33/h4-11,15-16H,12-14H2,1-3H3/t15-,16+. The highest BCUT2D eigenvalue weighted by Crippen LogP contribution is 2.38. The third-order valence-electron chi connectivity index (χ3n) is 7.27. The number of alkyl halides is 6. The van der Waals surface area contributed by atoms with Gasteiger partial charge in [-0.25, -0.2) is 0 Å². The van der Waals surface area contributed by atoms with Crippen molar-refractivity contribution in [3.63, 3.8) is 0 Å². The zero-order valence-corrected chi connectivity index (χ0v) is 22.5. The molecule has 0 unspecified atom stereocenters. The Morgan fingerprint density at radius 2 is 1.70 bits per heavy atom. The maximum absolute atomic E-state index is 13.6. The second kappa shape index (κ2) is 10.3. The number of thioether (sulfide) groups is 1. The highest BCUT2D eigenvalue weighted by atomic mass is 32.2. The average Bonchev–Trinajstić information content (AvgIpc) is 3.44. The lowest BCUT2D eigenvalue weighted by Gasteiger charge is -2.42. The van der Waals surface area contributed by atoms with Gasteiger partial charge in [-0.1, -0.05) is 12.1 Å². The summed E-state index contributed by atoms with van der Waals surface area (Å²) < 4.78 is 81.1. The van der Waals surface area contributed by atoms with E-state index < -0.39 is 23.5 Å². The number of fused-ring (bicyclic) bond motifs is 1. The molecule has 5 rings (SSSR count). The Morgan fingerprint density at radius 1 is 1.00 bits per heavy atom. The van der Waals surface area contributed by atoms with Gasteiger partial charge in [0.05, 0.1) is 34.3 Å². The van der Waals surface area contributed by atoms with Gasteiger partial charge in [0.1, 0.15) is 0 Å². The summed E-state index contributed by atoms with van der Waals surface area (Å²) in [5.74, 6) is -0.336. The van der Waals surface area contributed by atoms with Gasteiger partial charge in [-0.2, -0.15) is 36.4 Å². The van der Waals surface area contributed by atoms with Crippen LogP contribution < -0.4 is 0 Å². The van der Waals surface area contributed by atoms with Crippen molar-refractivity contribution in [2.24, 2.45) is 4.99 Å². The van der Waals surface area contributed by atoms with E-state index in [-0.39, 0.29) is 24.1 Å². The normalized spacial score (nSPS) is 22.0. The van der Waals surface area contributed by atoms with E-state index in [0.29, 0.717) is 44.7 Å². The minimum absolute atomic E-state index is 0.126. The summed E-state index contributed by atoms with van der Waals surface area (Å²) in [5.41, 5.74) is -1.87. The molecule has 0 saturated carbocycles. The average molecular weight is 582 g/mol. The first kappa shape index (κ1) is 28.2. The third kappa shape index (κ3) is 5.62. The highest BCUT2D eigenvalue weighted by molar-refractivity contribution is 8.18. The number of amidine groups is 1. The van der Waals surface area contributed by atoms with Crippen LogP contribution in [0.1, 0.15) is 36.1 Å². The first-order valence-corrected chi connectivity index (χ1v) is 13.2. The number of aliphatic imine (C=N–C) groups is 1. The van der Waals surface area contributed by atoms with Gasteiger partial charge in [-0.15, -0.1) is 0 Å². The molecule has 2 aromatic carbocycles. The minimum atomic E-state index is -4.97. The Kier molecular flexibility index (Phi) is 7.24. The number of hydrogen-bond donors (Lipinski definition) is 0. The van der Waals surface area contributed by atoms with E-state index in [4.69, 9.17) is 0 Å². The number of carbonyl (C=O) groups excluding carboxylic acids is 1. The maximum atomic E-state index is 13.6. The Morgan fingerprint density at radius 3 is 2.35 bits per heavy atom. The summed E-state index contributed by atoms with van der Waals surface area (Å²) in [7, 11) is 2.07. The van der Waals surface area contributed by atoms with Crippen LogP contribution in [0.15, 0.2) is 52.5 Å². The first-order chi connectivity index (χ1) is 18.7. The van der Waals surface area contributed by atoms with E-state index >= 15 is 0 Å². The second-order valence-corrected chi connectivity index (χ2v) is 11.1. The Labute approximate surface area is 230 Å². The molecular weight excluding hydrogens is 556 g/mol. The summed E-state index contributed by atoms with van der Waals surface area (Å²) in [4.78, 5) is 21.7. The number of aromatic nitrogens is 2. The molecule has 1 fully saturated rings. The number of amides is 1. The quantitative estimate of drug-likeness (QED) is 0.276. The summed E-state index contributed by atoms with van der Waals surface area (Å²) in [6, 6.07) is 7.32. The van der Waals surface area contributed by atoms with E-state index in [1.165, 1.54) is 22.6 Å². The Balaban J connectivity index is 1.36. The molecule has 0 radical (unpaired) electrons. The number of likely N-dealkylation sites (N-methyl/N-ethyl adjacent to an activating group) is 1. The lowest BCUT2D eigenvalue weighted by atomic mass is 10.0. The van der Waals surface area contributed by atoms with Crippen molar-refractivity contribution in [3.8, 4) is 0 Å². The number of carbonyl (C=O) groups is 1. The van der Waals surface area contributed by atoms with Crippen LogP contribution in [0.25, 0.3) is 17.0 Å². The van der Waals surface area contributed by atoms with Gasteiger partial charge in [0.15, 0.2) is 5.17 Å². The summed E-state index contributed by atoms with van der Waals surface area (Å²) in [6.07, 6.45) is -6.69. The molecule has 0 bridgehead atoms. The van der Waals surface area contributed by atoms with Crippen molar-refractivity contribution in [2.45, 2.75) is 44.8 Å². The van der Waals surface area contributed by atoms with Crippen molar-refractivity contribution >= 4 is 39.8 Å². The molecule has 1 saturated heterocycles.